The largest absolute Gasteiger partial charge is 0.416 e. The molecule has 2 nitrogen and oxygen atoms in total. The Kier molecular flexibility index (Phi) is 4.09. The van der Waals surface area contributed by atoms with Crippen LogP contribution in [0.4, 0.5) is 26.3 Å². The minimum atomic E-state index is -4.90. The molecule has 0 unspecified atom stereocenters. The van der Waals surface area contributed by atoms with E-state index in [-0.39, 0.29) is 12.1 Å². The summed E-state index contributed by atoms with van der Waals surface area (Å²) in [6.07, 6.45) is -9.25. The van der Waals surface area contributed by atoms with Crippen molar-refractivity contribution in [1.29, 1.82) is 10.5 Å². The van der Waals surface area contributed by atoms with Gasteiger partial charge >= 0.3 is 12.4 Å². The number of alkyl halides is 6. The predicted molar refractivity (Wildman–Crippen MR) is 55.6 cm³/mol. The zero-order chi connectivity index (χ0) is 15.6. The number of nitriles is 2. The highest BCUT2D eigenvalue weighted by atomic mass is 19.4. The van der Waals surface area contributed by atoms with E-state index in [0.717, 1.165) is 0 Å². The van der Waals surface area contributed by atoms with E-state index in [2.05, 4.69) is 0 Å². The van der Waals surface area contributed by atoms with Crippen molar-refractivity contribution in [2.75, 3.05) is 0 Å². The summed E-state index contributed by atoms with van der Waals surface area (Å²) >= 11 is 0. The lowest BCUT2D eigenvalue weighted by Gasteiger charge is -2.13. The molecule has 0 N–H and O–H groups in total. The molecule has 104 valence electrons. The van der Waals surface area contributed by atoms with E-state index in [1.807, 2.05) is 0 Å². The summed E-state index contributed by atoms with van der Waals surface area (Å²) in [5.41, 5.74) is -4.26. The molecular formula is C12H4F6N2. The molecule has 0 saturated heterocycles. The molecule has 0 saturated carbocycles. The summed E-state index contributed by atoms with van der Waals surface area (Å²) in [6.45, 7) is 0. The number of benzene rings is 1. The van der Waals surface area contributed by atoms with Crippen LogP contribution in [0.1, 0.15) is 16.7 Å². The van der Waals surface area contributed by atoms with Crippen LogP contribution in [-0.4, -0.2) is 0 Å². The van der Waals surface area contributed by atoms with E-state index in [0.29, 0.717) is 12.1 Å². The minimum Gasteiger partial charge on any atom is -0.192 e. The lowest BCUT2D eigenvalue weighted by molar-refractivity contribution is -0.141. The molecule has 1 aromatic rings. The van der Waals surface area contributed by atoms with E-state index in [4.69, 9.17) is 10.5 Å². The van der Waals surface area contributed by atoms with Crippen LogP contribution < -0.4 is 0 Å². The van der Waals surface area contributed by atoms with Crippen molar-refractivity contribution in [3.8, 4) is 12.1 Å². The average molecular weight is 290 g/mol. The Morgan fingerprint density at radius 2 is 1.50 bits per heavy atom. The van der Waals surface area contributed by atoms with Gasteiger partial charge in [0, 0.05) is 0 Å². The summed E-state index contributed by atoms with van der Waals surface area (Å²) in [4.78, 5) is 0. The fourth-order valence-electron chi connectivity index (χ4n) is 1.36. The monoisotopic (exact) mass is 290 g/mol. The number of hydrogen-bond donors (Lipinski definition) is 0. The van der Waals surface area contributed by atoms with Gasteiger partial charge in [-0.05, 0) is 29.8 Å². The molecule has 8 heteroatoms. The molecule has 20 heavy (non-hydrogen) atoms. The van der Waals surface area contributed by atoms with Crippen LogP contribution >= 0.6 is 0 Å². The van der Waals surface area contributed by atoms with Gasteiger partial charge in [-0.2, -0.15) is 36.9 Å². The molecule has 0 aliphatic heterocycles. The molecule has 0 amide bonds. The van der Waals surface area contributed by atoms with Gasteiger partial charge in [-0.1, -0.05) is 0 Å². The van der Waals surface area contributed by atoms with Crippen LogP contribution in [0.25, 0.3) is 6.08 Å². The zero-order valence-electron chi connectivity index (χ0n) is 9.47. The van der Waals surface area contributed by atoms with Crippen molar-refractivity contribution in [3.05, 3.63) is 40.5 Å². The first kappa shape index (κ1) is 15.6. The lowest BCUT2D eigenvalue weighted by atomic mass is 10.0. The van der Waals surface area contributed by atoms with Gasteiger partial charge in [0.05, 0.1) is 11.1 Å². The second kappa shape index (κ2) is 5.25. The third-order valence-corrected chi connectivity index (χ3v) is 2.23. The average Bonchev–Trinajstić information content (AvgIpc) is 2.33. The summed E-state index contributed by atoms with van der Waals surface area (Å²) in [5, 5.41) is 16.9. The number of nitrogens with zero attached hydrogens (tertiary/aromatic N) is 2. The maximum atomic E-state index is 12.7. The van der Waals surface area contributed by atoms with Gasteiger partial charge in [0.25, 0.3) is 0 Å². The van der Waals surface area contributed by atoms with Gasteiger partial charge in [-0.25, -0.2) is 0 Å². The van der Waals surface area contributed by atoms with E-state index in [1.54, 1.807) is 0 Å². The molecule has 0 radical (unpaired) electrons. The molecule has 0 fully saturated rings. The Morgan fingerprint density at radius 3 is 1.90 bits per heavy atom. The van der Waals surface area contributed by atoms with E-state index < -0.39 is 34.6 Å². The maximum Gasteiger partial charge on any atom is 0.416 e. The molecular weight excluding hydrogens is 286 g/mol. The summed E-state index contributed by atoms with van der Waals surface area (Å²) in [6, 6.07) is 3.38. The van der Waals surface area contributed by atoms with Crippen LogP contribution in [0.5, 0.6) is 0 Å². The summed E-state index contributed by atoms with van der Waals surface area (Å²) in [7, 11) is 0. The summed E-state index contributed by atoms with van der Waals surface area (Å²) < 4.78 is 75.4. The molecule has 0 spiro atoms. The first-order valence-corrected chi connectivity index (χ1v) is 4.90. The van der Waals surface area contributed by atoms with E-state index in [9.17, 15) is 26.3 Å². The predicted octanol–water partition coefficient (Wildman–Crippen LogP) is 4.15. The molecule has 1 aromatic carbocycles. The van der Waals surface area contributed by atoms with Crippen molar-refractivity contribution in [2.45, 2.75) is 12.4 Å². The second-order valence-corrected chi connectivity index (χ2v) is 3.58. The van der Waals surface area contributed by atoms with Crippen molar-refractivity contribution >= 4 is 6.08 Å². The number of rotatable bonds is 1. The number of halogens is 6. The normalized spacial score (nSPS) is 11.4. The highest BCUT2D eigenvalue weighted by Crippen LogP contribution is 2.37. The molecule has 0 aliphatic carbocycles. The second-order valence-electron chi connectivity index (χ2n) is 3.58. The summed E-state index contributed by atoms with van der Waals surface area (Å²) in [5.74, 6) is 0. The smallest absolute Gasteiger partial charge is 0.192 e. The van der Waals surface area contributed by atoms with Crippen LogP contribution in [-0.2, 0) is 12.4 Å². The Labute approximate surface area is 109 Å². The van der Waals surface area contributed by atoms with Gasteiger partial charge in [-0.15, -0.1) is 0 Å². The third-order valence-electron chi connectivity index (χ3n) is 2.23. The highest BCUT2D eigenvalue weighted by Gasteiger charge is 2.36. The van der Waals surface area contributed by atoms with Crippen molar-refractivity contribution < 1.29 is 26.3 Å². The molecule has 0 atom stereocenters. The SMILES string of the molecule is N#CC(C#N)=Cc1cc(C(F)(F)F)ccc1C(F)(F)F. The lowest BCUT2D eigenvalue weighted by Crippen LogP contribution is -2.11. The first-order chi connectivity index (χ1) is 9.09. The van der Waals surface area contributed by atoms with E-state index >= 15 is 0 Å². The van der Waals surface area contributed by atoms with Crippen molar-refractivity contribution in [3.63, 3.8) is 0 Å². The molecule has 1 rings (SSSR count). The molecule has 0 aliphatic rings. The topological polar surface area (TPSA) is 47.6 Å². The zero-order valence-corrected chi connectivity index (χ0v) is 9.47. The Bertz CT molecular complexity index is 609. The van der Waals surface area contributed by atoms with Crippen LogP contribution in [0.2, 0.25) is 0 Å². The standard InChI is InChI=1S/C12H4F6N2/c13-11(14,15)9-1-2-10(12(16,17)18)8(4-9)3-7(5-19)6-20/h1-4H. The first-order valence-electron chi connectivity index (χ1n) is 4.90. The van der Waals surface area contributed by atoms with Crippen LogP contribution in [0.3, 0.4) is 0 Å². The van der Waals surface area contributed by atoms with Gasteiger partial charge in [0.1, 0.15) is 17.7 Å². The Hall–Kier alpha value is -2.48. The third kappa shape index (κ3) is 3.51. The fourth-order valence-corrected chi connectivity index (χ4v) is 1.36. The Morgan fingerprint density at radius 1 is 0.950 bits per heavy atom. The number of allylic oxidation sites excluding steroid dienone is 1. The maximum absolute atomic E-state index is 12.7. The molecule has 0 bridgehead atoms. The van der Waals surface area contributed by atoms with Crippen LogP contribution in [0.15, 0.2) is 23.8 Å². The van der Waals surface area contributed by atoms with Crippen molar-refractivity contribution in [1.82, 2.24) is 0 Å². The van der Waals surface area contributed by atoms with Gasteiger partial charge < -0.3 is 0 Å². The van der Waals surface area contributed by atoms with E-state index in [1.165, 1.54) is 12.1 Å². The van der Waals surface area contributed by atoms with Crippen molar-refractivity contribution in [2.24, 2.45) is 0 Å². The fraction of sp³-hybridized carbons (Fsp3) is 0.167. The molecule has 0 aromatic heterocycles. The van der Waals surface area contributed by atoms with Gasteiger partial charge in [0.2, 0.25) is 0 Å². The number of hydrogen-bond acceptors (Lipinski definition) is 2. The quantitative estimate of drug-likeness (QED) is 0.576. The minimum absolute atomic E-state index is 0.248. The van der Waals surface area contributed by atoms with Crippen LogP contribution in [0, 0.1) is 22.7 Å². The van der Waals surface area contributed by atoms with Gasteiger partial charge in [-0.3, -0.25) is 0 Å². The molecule has 0 heterocycles. The van der Waals surface area contributed by atoms with Gasteiger partial charge in [0.15, 0.2) is 0 Å². The Balaban J connectivity index is 3.56. The highest BCUT2D eigenvalue weighted by molar-refractivity contribution is 5.65.